The maximum Gasteiger partial charge on any atom is 0.308 e. The number of hydrogen-bond acceptors (Lipinski definition) is 5. The minimum atomic E-state index is -0.592. The van der Waals surface area contributed by atoms with Gasteiger partial charge in [-0.15, -0.1) is 0 Å². The number of nitrogens with one attached hydrogen (secondary N) is 1. The number of halogens is 1. The Balaban J connectivity index is 1.43. The first-order chi connectivity index (χ1) is 13.8. The van der Waals surface area contributed by atoms with Crippen LogP contribution >= 0.6 is 11.6 Å². The second-order valence-electron chi connectivity index (χ2n) is 6.57. The summed E-state index contributed by atoms with van der Waals surface area (Å²) in [6.07, 6.45) is 0.191. The predicted molar refractivity (Wildman–Crippen MR) is 107 cm³/mol. The van der Waals surface area contributed by atoms with E-state index in [0.717, 1.165) is 11.3 Å². The molecular formula is C21H19ClN2O5. The van der Waals surface area contributed by atoms with Crippen LogP contribution in [0.1, 0.15) is 32.7 Å². The highest BCUT2D eigenvalue weighted by Crippen LogP contribution is 2.28. The van der Waals surface area contributed by atoms with Crippen molar-refractivity contribution in [3.05, 3.63) is 64.2 Å². The third-order valence-electron chi connectivity index (χ3n) is 4.56. The Kier molecular flexibility index (Phi) is 6.29. The Bertz CT molecular complexity index is 972. The topological polar surface area (TPSA) is 92.8 Å². The molecule has 1 aliphatic rings. The molecule has 1 aliphatic heterocycles. The summed E-state index contributed by atoms with van der Waals surface area (Å²) in [6.45, 7) is -0.311. The lowest BCUT2D eigenvalue weighted by Crippen LogP contribution is -2.27. The molecule has 2 aromatic carbocycles. The van der Waals surface area contributed by atoms with Gasteiger partial charge in [-0.25, -0.2) is 0 Å². The molecule has 0 aromatic heterocycles. The van der Waals surface area contributed by atoms with Crippen molar-refractivity contribution in [1.29, 1.82) is 0 Å². The molecule has 3 rings (SSSR count). The number of nitrogens with zero attached hydrogens (tertiary/aromatic N) is 1. The molecule has 0 unspecified atom stereocenters. The zero-order chi connectivity index (χ0) is 21.0. The molecule has 1 heterocycles. The Morgan fingerprint density at radius 2 is 1.79 bits per heavy atom. The molecule has 29 heavy (non-hydrogen) atoms. The van der Waals surface area contributed by atoms with Crippen LogP contribution in [0.4, 0.5) is 5.69 Å². The van der Waals surface area contributed by atoms with Crippen LogP contribution in [0, 0.1) is 0 Å². The zero-order valence-corrected chi connectivity index (χ0v) is 16.5. The quantitative estimate of drug-likeness (QED) is 0.554. The van der Waals surface area contributed by atoms with Gasteiger partial charge in [-0.3, -0.25) is 19.2 Å². The van der Waals surface area contributed by atoms with Crippen LogP contribution in [0.2, 0.25) is 5.02 Å². The zero-order valence-electron chi connectivity index (χ0n) is 15.7. The van der Waals surface area contributed by atoms with Crippen LogP contribution in [0.25, 0.3) is 0 Å². The Hall–Kier alpha value is -3.19. The molecule has 0 atom stereocenters. The number of hydrogen-bond donors (Lipinski definition) is 1. The average molecular weight is 415 g/mol. The van der Waals surface area contributed by atoms with Gasteiger partial charge in [0, 0.05) is 35.4 Å². The summed E-state index contributed by atoms with van der Waals surface area (Å²) in [4.78, 5) is 49.3. The summed E-state index contributed by atoms with van der Waals surface area (Å²) < 4.78 is 4.99. The smallest absolute Gasteiger partial charge is 0.308 e. The minimum Gasteiger partial charge on any atom is -0.457 e. The first-order valence-electron chi connectivity index (χ1n) is 8.97. The molecule has 150 valence electrons. The molecule has 0 saturated carbocycles. The van der Waals surface area contributed by atoms with Crippen LogP contribution in [0.5, 0.6) is 0 Å². The fourth-order valence-corrected chi connectivity index (χ4v) is 3.05. The van der Waals surface area contributed by atoms with Gasteiger partial charge in [-0.2, -0.15) is 0 Å². The summed E-state index contributed by atoms with van der Waals surface area (Å²) in [5.41, 5.74) is 2.37. The van der Waals surface area contributed by atoms with Crippen molar-refractivity contribution in [2.24, 2.45) is 0 Å². The van der Waals surface area contributed by atoms with Crippen LogP contribution in [-0.4, -0.2) is 43.8 Å². The van der Waals surface area contributed by atoms with Gasteiger partial charge in [0.15, 0.2) is 12.4 Å². The lowest BCUT2D eigenvalue weighted by molar-refractivity contribution is -0.142. The Labute approximate surface area is 172 Å². The van der Waals surface area contributed by atoms with E-state index >= 15 is 0 Å². The molecule has 0 spiro atoms. The maximum atomic E-state index is 12.3. The molecule has 0 saturated heterocycles. The number of carbonyl (C=O) groups excluding carboxylic acids is 4. The second kappa shape index (κ2) is 8.87. The predicted octanol–water partition coefficient (Wildman–Crippen LogP) is 2.40. The summed E-state index contributed by atoms with van der Waals surface area (Å²) in [6, 6.07) is 11.3. The number of carbonyl (C=O) groups is 4. The average Bonchev–Trinajstić information content (AvgIpc) is 2.99. The van der Waals surface area contributed by atoms with E-state index in [1.807, 2.05) is 0 Å². The lowest BCUT2D eigenvalue weighted by Gasteiger charge is -2.10. The second-order valence-corrected chi connectivity index (χ2v) is 7.01. The number of Topliss-reactive ketones (excluding diaryl/α,β-unsaturated/α-hetero) is 1. The molecule has 7 nitrogen and oxygen atoms in total. The number of ether oxygens (including phenoxy) is 1. The van der Waals surface area contributed by atoms with Crippen LogP contribution < -0.4 is 10.2 Å². The van der Waals surface area contributed by atoms with Gasteiger partial charge in [-0.1, -0.05) is 11.6 Å². The van der Waals surface area contributed by atoms with E-state index < -0.39 is 12.6 Å². The SMILES string of the molecule is CN1C(=O)Cc2cc(C(=O)COC(=O)CCNC(=O)c3ccc(Cl)cc3)ccc21. The van der Waals surface area contributed by atoms with Crippen molar-refractivity contribution in [1.82, 2.24) is 5.32 Å². The number of likely N-dealkylation sites (N-methyl/N-ethyl adjacent to an activating group) is 1. The van der Waals surface area contributed by atoms with Gasteiger partial charge in [0.2, 0.25) is 5.91 Å². The summed E-state index contributed by atoms with van der Waals surface area (Å²) in [7, 11) is 1.68. The first-order valence-corrected chi connectivity index (χ1v) is 9.35. The highest BCUT2D eigenvalue weighted by molar-refractivity contribution is 6.30. The fourth-order valence-electron chi connectivity index (χ4n) is 2.93. The van der Waals surface area contributed by atoms with Crippen molar-refractivity contribution >= 4 is 40.9 Å². The molecule has 0 radical (unpaired) electrons. The largest absolute Gasteiger partial charge is 0.457 e. The van der Waals surface area contributed by atoms with Crippen molar-refractivity contribution < 1.29 is 23.9 Å². The number of anilines is 1. The molecule has 0 aliphatic carbocycles. The van der Waals surface area contributed by atoms with Gasteiger partial charge >= 0.3 is 5.97 Å². The van der Waals surface area contributed by atoms with E-state index in [4.69, 9.17) is 16.3 Å². The molecule has 2 amide bonds. The van der Waals surface area contributed by atoms with Gasteiger partial charge in [0.1, 0.15) is 0 Å². The lowest BCUT2D eigenvalue weighted by atomic mass is 10.1. The highest BCUT2D eigenvalue weighted by atomic mass is 35.5. The van der Waals surface area contributed by atoms with E-state index in [1.54, 1.807) is 54.4 Å². The van der Waals surface area contributed by atoms with Crippen LogP contribution in [-0.2, 0) is 20.7 Å². The van der Waals surface area contributed by atoms with E-state index in [1.165, 1.54) is 0 Å². The third-order valence-corrected chi connectivity index (χ3v) is 4.82. The number of ketones is 1. The summed E-state index contributed by atoms with van der Waals surface area (Å²) >= 11 is 5.77. The van der Waals surface area contributed by atoms with E-state index in [0.29, 0.717) is 16.1 Å². The van der Waals surface area contributed by atoms with Crippen molar-refractivity contribution in [2.75, 3.05) is 25.1 Å². The van der Waals surface area contributed by atoms with Crippen molar-refractivity contribution in [3.63, 3.8) is 0 Å². The molecule has 2 aromatic rings. The minimum absolute atomic E-state index is 0.0309. The molecule has 8 heteroatoms. The standard InChI is InChI=1S/C21H19ClN2O5/c1-24-17-7-4-14(10-15(17)11-19(24)26)18(25)12-29-20(27)8-9-23-21(28)13-2-5-16(22)6-3-13/h2-7,10H,8-9,11-12H2,1H3,(H,23,28). The van der Waals surface area contributed by atoms with Gasteiger partial charge < -0.3 is 15.0 Å². The summed E-state index contributed by atoms with van der Waals surface area (Å²) in [5.74, 6) is -1.31. The monoisotopic (exact) mass is 414 g/mol. The first kappa shape index (κ1) is 20.5. The number of esters is 1. The van der Waals surface area contributed by atoms with Gasteiger partial charge in [0.05, 0.1) is 12.8 Å². The number of amides is 2. The van der Waals surface area contributed by atoms with E-state index in [2.05, 4.69) is 5.32 Å². The highest BCUT2D eigenvalue weighted by Gasteiger charge is 2.24. The number of rotatable bonds is 7. The number of fused-ring (bicyclic) bond motifs is 1. The molecular weight excluding hydrogens is 396 g/mol. The fraction of sp³-hybridized carbons (Fsp3) is 0.238. The van der Waals surface area contributed by atoms with Gasteiger partial charge in [0.25, 0.3) is 5.91 Å². The normalized spacial score (nSPS) is 12.5. The number of benzene rings is 2. The van der Waals surface area contributed by atoms with E-state index in [-0.39, 0.29) is 37.0 Å². The molecule has 0 fully saturated rings. The van der Waals surface area contributed by atoms with E-state index in [9.17, 15) is 19.2 Å². The third kappa shape index (κ3) is 5.00. The van der Waals surface area contributed by atoms with Crippen molar-refractivity contribution in [2.45, 2.75) is 12.8 Å². The van der Waals surface area contributed by atoms with Crippen molar-refractivity contribution in [3.8, 4) is 0 Å². The molecule has 0 bridgehead atoms. The van der Waals surface area contributed by atoms with Gasteiger partial charge in [-0.05, 0) is 48.0 Å². The van der Waals surface area contributed by atoms with Crippen LogP contribution in [0.15, 0.2) is 42.5 Å². The Morgan fingerprint density at radius 3 is 2.52 bits per heavy atom. The summed E-state index contributed by atoms with van der Waals surface area (Å²) in [5, 5.41) is 3.13. The van der Waals surface area contributed by atoms with Crippen LogP contribution in [0.3, 0.4) is 0 Å². The maximum absolute atomic E-state index is 12.3. The molecule has 1 N–H and O–H groups in total. The Morgan fingerprint density at radius 1 is 1.10 bits per heavy atom.